The summed E-state index contributed by atoms with van der Waals surface area (Å²) in [6.07, 6.45) is -0.0187. The first-order valence-corrected chi connectivity index (χ1v) is 9.34. The molecule has 0 aliphatic heterocycles. The molecule has 0 fully saturated rings. The molecule has 128 valence electrons. The van der Waals surface area contributed by atoms with Crippen LogP contribution < -0.4 is 10.0 Å². The third-order valence-corrected chi connectivity index (χ3v) is 5.59. The minimum Gasteiger partial charge on any atom is -0.326 e. The summed E-state index contributed by atoms with van der Waals surface area (Å²) in [5.74, 6) is -0.322. The summed E-state index contributed by atoms with van der Waals surface area (Å²) >= 11 is 11.9. The van der Waals surface area contributed by atoms with Crippen LogP contribution in [0.2, 0.25) is 10.0 Å². The molecule has 0 heterocycles. The molecule has 0 saturated heterocycles. The van der Waals surface area contributed by atoms with E-state index in [2.05, 4.69) is 10.0 Å². The molecule has 2 N–H and O–H groups in total. The van der Waals surface area contributed by atoms with Gasteiger partial charge in [0.15, 0.2) is 0 Å². The summed E-state index contributed by atoms with van der Waals surface area (Å²) in [5.41, 5.74) is 1.46. The second-order valence-corrected chi connectivity index (χ2v) is 7.64. The van der Waals surface area contributed by atoms with Crippen molar-refractivity contribution in [3.8, 4) is 0 Å². The first-order chi connectivity index (χ1) is 11.3. The number of anilines is 1. The molecule has 0 spiro atoms. The predicted molar refractivity (Wildman–Crippen MR) is 96.1 cm³/mol. The third-order valence-electron chi connectivity index (χ3n) is 3.23. The van der Waals surface area contributed by atoms with Crippen LogP contribution in [0.1, 0.15) is 12.0 Å². The number of hydrogen-bond acceptors (Lipinski definition) is 3. The average Bonchev–Trinajstić information content (AvgIpc) is 2.51. The van der Waals surface area contributed by atoms with Gasteiger partial charge in [0, 0.05) is 23.7 Å². The quantitative estimate of drug-likeness (QED) is 0.795. The van der Waals surface area contributed by atoms with Gasteiger partial charge < -0.3 is 5.32 Å². The largest absolute Gasteiger partial charge is 0.326 e. The number of halogens is 2. The minimum absolute atomic E-state index is 0.0163. The molecule has 8 heteroatoms. The molecule has 0 aliphatic carbocycles. The van der Waals surface area contributed by atoms with Crippen LogP contribution in [-0.4, -0.2) is 20.9 Å². The first-order valence-electron chi connectivity index (χ1n) is 7.10. The van der Waals surface area contributed by atoms with Crippen LogP contribution in [-0.2, 0) is 14.8 Å². The predicted octanol–water partition coefficient (Wildman–Crippen LogP) is 3.61. The number of benzene rings is 2. The highest BCUT2D eigenvalue weighted by molar-refractivity contribution is 7.89. The highest BCUT2D eigenvalue weighted by atomic mass is 35.5. The fourth-order valence-corrected chi connectivity index (χ4v) is 3.66. The fourth-order valence-electron chi connectivity index (χ4n) is 1.93. The summed E-state index contributed by atoms with van der Waals surface area (Å²) in [4.78, 5) is 11.9. The Morgan fingerprint density at radius 1 is 1.08 bits per heavy atom. The zero-order valence-corrected chi connectivity index (χ0v) is 15.2. The number of hydrogen-bond donors (Lipinski definition) is 2. The van der Waals surface area contributed by atoms with Gasteiger partial charge in [0.2, 0.25) is 15.9 Å². The second-order valence-electron chi connectivity index (χ2n) is 5.09. The van der Waals surface area contributed by atoms with Crippen LogP contribution in [0.5, 0.6) is 0 Å². The van der Waals surface area contributed by atoms with Crippen LogP contribution in [0.25, 0.3) is 0 Å². The summed E-state index contributed by atoms with van der Waals surface area (Å²) in [5, 5.41) is 3.34. The molecule has 0 unspecified atom stereocenters. The third kappa shape index (κ3) is 4.95. The SMILES string of the molecule is Cc1ccc(NC(=O)CCNS(=O)(=O)c2ccccc2Cl)cc1Cl. The highest BCUT2D eigenvalue weighted by Gasteiger charge is 2.17. The van der Waals surface area contributed by atoms with E-state index in [-0.39, 0.29) is 28.8 Å². The van der Waals surface area contributed by atoms with E-state index in [0.717, 1.165) is 5.56 Å². The maximum atomic E-state index is 12.1. The first kappa shape index (κ1) is 18.7. The molecule has 0 aromatic heterocycles. The van der Waals surface area contributed by atoms with Gasteiger partial charge in [-0.25, -0.2) is 13.1 Å². The van der Waals surface area contributed by atoms with Crippen LogP contribution >= 0.6 is 23.2 Å². The zero-order chi connectivity index (χ0) is 17.7. The van der Waals surface area contributed by atoms with Crippen molar-refractivity contribution in [1.29, 1.82) is 0 Å². The van der Waals surface area contributed by atoms with Gasteiger partial charge in [0.1, 0.15) is 4.90 Å². The zero-order valence-electron chi connectivity index (χ0n) is 12.8. The Labute approximate surface area is 151 Å². The van der Waals surface area contributed by atoms with Gasteiger partial charge in [-0.05, 0) is 36.8 Å². The smallest absolute Gasteiger partial charge is 0.242 e. The van der Waals surface area contributed by atoms with E-state index in [4.69, 9.17) is 23.2 Å². The molecule has 0 aliphatic rings. The van der Waals surface area contributed by atoms with Crippen LogP contribution in [0.3, 0.4) is 0 Å². The Morgan fingerprint density at radius 2 is 1.79 bits per heavy atom. The molecular weight excluding hydrogens is 371 g/mol. The van der Waals surface area contributed by atoms with Gasteiger partial charge in [-0.2, -0.15) is 0 Å². The van der Waals surface area contributed by atoms with Crippen molar-refractivity contribution in [3.05, 3.63) is 58.1 Å². The van der Waals surface area contributed by atoms with Gasteiger partial charge in [-0.3, -0.25) is 4.79 Å². The molecule has 24 heavy (non-hydrogen) atoms. The molecule has 0 atom stereocenters. The Bertz CT molecular complexity index is 854. The molecule has 5 nitrogen and oxygen atoms in total. The molecule has 0 saturated carbocycles. The van der Waals surface area contributed by atoms with Gasteiger partial charge in [-0.15, -0.1) is 0 Å². The second kappa shape index (κ2) is 7.98. The van der Waals surface area contributed by atoms with E-state index in [1.54, 1.807) is 30.3 Å². The van der Waals surface area contributed by atoms with Crippen molar-refractivity contribution in [2.75, 3.05) is 11.9 Å². The average molecular weight is 387 g/mol. The molecule has 2 rings (SSSR count). The van der Waals surface area contributed by atoms with Crippen LogP contribution in [0.15, 0.2) is 47.4 Å². The number of sulfonamides is 1. The number of rotatable bonds is 6. The van der Waals surface area contributed by atoms with E-state index < -0.39 is 10.0 Å². The van der Waals surface area contributed by atoms with Crippen molar-refractivity contribution in [2.24, 2.45) is 0 Å². The van der Waals surface area contributed by atoms with E-state index in [1.165, 1.54) is 12.1 Å². The van der Waals surface area contributed by atoms with Crippen molar-refractivity contribution >= 4 is 44.8 Å². The minimum atomic E-state index is -3.75. The van der Waals surface area contributed by atoms with Gasteiger partial charge in [0.25, 0.3) is 0 Å². The maximum absolute atomic E-state index is 12.1. The number of amides is 1. The Balaban J connectivity index is 1.90. The highest BCUT2D eigenvalue weighted by Crippen LogP contribution is 2.21. The number of aryl methyl sites for hydroxylation is 1. The monoisotopic (exact) mass is 386 g/mol. The van der Waals surface area contributed by atoms with Gasteiger partial charge in [0.05, 0.1) is 5.02 Å². The molecule has 0 bridgehead atoms. The lowest BCUT2D eigenvalue weighted by atomic mass is 10.2. The van der Waals surface area contributed by atoms with Gasteiger partial charge >= 0.3 is 0 Å². The molecule has 2 aromatic rings. The number of carbonyl (C=O) groups excluding carboxylic acids is 1. The lowest BCUT2D eigenvalue weighted by Gasteiger charge is -2.09. The number of carbonyl (C=O) groups is 1. The Kier molecular flexibility index (Phi) is 6.23. The molecule has 1 amide bonds. The van der Waals surface area contributed by atoms with Crippen molar-refractivity contribution < 1.29 is 13.2 Å². The number of nitrogens with one attached hydrogen (secondary N) is 2. The van der Waals surface area contributed by atoms with Crippen molar-refractivity contribution in [1.82, 2.24) is 4.72 Å². The van der Waals surface area contributed by atoms with Crippen molar-refractivity contribution in [2.45, 2.75) is 18.2 Å². The van der Waals surface area contributed by atoms with Crippen molar-refractivity contribution in [3.63, 3.8) is 0 Å². The topological polar surface area (TPSA) is 75.3 Å². The van der Waals surface area contributed by atoms with E-state index in [1.807, 2.05) is 6.92 Å². The van der Waals surface area contributed by atoms with Crippen LogP contribution in [0.4, 0.5) is 5.69 Å². The normalized spacial score (nSPS) is 11.3. The molecular formula is C16H16Cl2N2O3S. The summed E-state index contributed by atoms with van der Waals surface area (Å²) in [6, 6.07) is 11.3. The lowest BCUT2D eigenvalue weighted by molar-refractivity contribution is -0.116. The molecule has 0 radical (unpaired) electrons. The van der Waals surface area contributed by atoms with Crippen LogP contribution in [0, 0.1) is 6.92 Å². The molecule has 2 aromatic carbocycles. The summed E-state index contributed by atoms with van der Waals surface area (Å²) in [6.45, 7) is 1.82. The van der Waals surface area contributed by atoms with E-state index in [0.29, 0.717) is 10.7 Å². The summed E-state index contributed by atoms with van der Waals surface area (Å²) < 4.78 is 26.6. The Morgan fingerprint density at radius 3 is 2.46 bits per heavy atom. The van der Waals surface area contributed by atoms with Gasteiger partial charge in [-0.1, -0.05) is 41.4 Å². The van der Waals surface area contributed by atoms with E-state index >= 15 is 0 Å². The maximum Gasteiger partial charge on any atom is 0.242 e. The fraction of sp³-hybridized carbons (Fsp3) is 0.188. The standard InChI is InChI=1S/C16H16Cl2N2O3S/c1-11-6-7-12(10-14(11)18)20-16(21)8-9-19-24(22,23)15-5-3-2-4-13(15)17/h2-7,10,19H,8-9H2,1H3,(H,20,21). The Hall–Kier alpha value is -1.60. The summed E-state index contributed by atoms with van der Waals surface area (Å²) in [7, 11) is -3.75. The lowest BCUT2D eigenvalue weighted by Crippen LogP contribution is -2.28. The van der Waals surface area contributed by atoms with E-state index in [9.17, 15) is 13.2 Å².